The number of hydrogen-bond acceptors (Lipinski definition) is 6. The third-order valence-electron chi connectivity index (χ3n) is 5.19. The van der Waals surface area contributed by atoms with Gasteiger partial charge in [0.1, 0.15) is 5.82 Å². The summed E-state index contributed by atoms with van der Waals surface area (Å²) < 4.78 is 5.30. The van der Waals surface area contributed by atoms with Crippen LogP contribution in [0.1, 0.15) is 36.0 Å². The second-order valence-electron chi connectivity index (χ2n) is 6.98. The molecule has 0 bridgehead atoms. The Morgan fingerprint density at radius 2 is 2.15 bits per heavy atom. The van der Waals surface area contributed by atoms with E-state index in [1.165, 1.54) is 12.8 Å². The number of nitrogens with one attached hydrogen (secondary N) is 1. The molecule has 7 nitrogen and oxygen atoms in total. The molecule has 1 amide bonds. The standard InChI is InChI=1S/C19H30N4O3/c24-15-17-4-1-2-8-22(17)9-3-6-20-18-14-16(5-7-21-18)19(25)23-10-12-26-13-11-23/h5,7,14,17,24H,1-4,6,8-13,15H2,(H,20,21). The zero-order valence-corrected chi connectivity index (χ0v) is 15.4. The Hall–Kier alpha value is -1.70. The fourth-order valence-corrected chi connectivity index (χ4v) is 3.67. The van der Waals surface area contributed by atoms with Crippen LogP contribution in [0.5, 0.6) is 0 Å². The van der Waals surface area contributed by atoms with E-state index < -0.39 is 0 Å². The third kappa shape index (κ3) is 5.16. The molecule has 2 aliphatic heterocycles. The molecule has 0 radical (unpaired) electrons. The van der Waals surface area contributed by atoms with E-state index in [1.54, 1.807) is 12.3 Å². The van der Waals surface area contributed by atoms with Gasteiger partial charge in [0.2, 0.25) is 0 Å². The van der Waals surface area contributed by atoms with Crippen LogP contribution in [-0.2, 0) is 4.74 Å². The first-order valence-electron chi connectivity index (χ1n) is 9.70. The molecule has 2 N–H and O–H groups in total. The molecule has 1 aromatic rings. The molecule has 1 unspecified atom stereocenters. The number of morpholine rings is 1. The third-order valence-corrected chi connectivity index (χ3v) is 5.19. The molecule has 7 heteroatoms. The van der Waals surface area contributed by atoms with Gasteiger partial charge in [-0.25, -0.2) is 4.98 Å². The highest BCUT2D eigenvalue weighted by molar-refractivity contribution is 5.94. The summed E-state index contributed by atoms with van der Waals surface area (Å²) >= 11 is 0. The predicted octanol–water partition coefficient (Wildman–Crippen LogP) is 1.20. The van der Waals surface area contributed by atoms with Gasteiger partial charge in [-0.2, -0.15) is 0 Å². The average Bonchev–Trinajstić information content (AvgIpc) is 2.72. The number of pyridine rings is 1. The normalized spacial score (nSPS) is 21.6. The van der Waals surface area contributed by atoms with Crippen molar-refractivity contribution in [3.05, 3.63) is 23.9 Å². The van der Waals surface area contributed by atoms with Crippen molar-refractivity contribution in [2.45, 2.75) is 31.7 Å². The average molecular weight is 362 g/mol. The van der Waals surface area contributed by atoms with Crippen molar-refractivity contribution in [3.63, 3.8) is 0 Å². The fraction of sp³-hybridized carbons (Fsp3) is 0.684. The molecule has 1 aromatic heterocycles. The maximum absolute atomic E-state index is 12.5. The first kappa shape index (κ1) is 19.1. The van der Waals surface area contributed by atoms with E-state index in [-0.39, 0.29) is 12.5 Å². The first-order chi connectivity index (χ1) is 12.8. The Labute approximate surface area is 155 Å². The molecular formula is C19H30N4O3. The maximum atomic E-state index is 12.5. The minimum absolute atomic E-state index is 0.0397. The monoisotopic (exact) mass is 362 g/mol. The fourth-order valence-electron chi connectivity index (χ4n) is 3.67. The number of likely N-dealkylation sites (tertiary alicyclic amines) is 1. The van der Waals surface area contributed by atoms with Gasteiger partial charge in [0.25, 0.3) is 5.91 Å². The summed E-state index contributed by atoms with van der Waals surface area (Å²) in [6.45, 7) is 5.60. The summed E-state index contributed by atoms with van der Waals surface area (Å²) in [4.78, 5) is 21.1. The summed E-state index contributed by atoms with van der Waals surface area (Å²) in [6, 6.07) is 3.91. The highest BCUT2D eigenvalue weighted by Gasteiger charge is 2.21. The lowest BCUT2D eigenvalue weighted by atomic mass is 10.0. The zero-order chi connectivity index (χ0) is 18.2. The van der Waals surface area contributed by atoms with E-state index in [4.69, 9.17) is 4.74 Å². The molecule has 0 aromatic carbocycles. The highest BCUT2D eigenvalue weighted by atomic mass is 16.5. The van der Waals surface area contributed by atoms with Crippen molar-refractivity contribution in [1.82, 2.24) is 14.8 Å². The molecule has 144 valence electrons. The number of amides is 1. The Morgan fingerprint density at radius 3 is 2.96 bits per heavy atom. The Kier molecular flexibility index (Phi) is 7.22. The van der Waals surface area contributed by atoms with Crippen LogP contribution >= 0.6 is 0 Å². The van der Waals surface area contributed by atoms with Crippen molar-refractivity contribution >= 4 is 11.7 Å². The van der Waals surface area contributed by atoms with Crippen LogP contribution < -0.4 is 5.32 Å². The second-order valence-corrected chi connectivity index (χ2v) is 6.98. The van der Waals surface area contributed by atoms with Gasteiger partial charge in [-0.15, -0.1) is 0 Å². The molecular weight excluding hydrogens is 332 g/mol. The van der Waals surface area contributed by atoms with Gasteiger partial charge in [0.05, 0.1) is 19.8 Å². The maximum Gasteiger partial charge on any atom is 0.254 e. The van der Waals surface area contributed by atoms with Crippen molar-refractivity contribution < 1.29 is 14.6 Å². The van der Waals surface area contributed by atoms with Crippen molar-refractivity contribution in [1.29, 1.82) is 0 Å². The Bertz CT molecular complexity index is 578. The van der Waals surface area contributed by atoms with Gasteiger partial charge in [0, 0.05) is 44.0 Å². The topological polar surface area (TPSA) is 77.9 Å². The van der Waals surface area contributed by atoms with Gasteiger partial charge in [-0.3, -0.25) is 9.69 Å². The quantitative estimate of drug-likeness (QED) is 0.710. The summed E-state index contributed by atoms with van der Waals surface area (Å²) in [5, 5.41) is 12.8. The molecule has 0 spiro atoms. The van der Waals surface area contributed by atoms with Crippen LogP contribution in [-0.4, -0.2) is 84.4 Å². The molecule has 26 heavy (non-hydrogen) atoms. The number of hydrogen-bond donors (Lipinski definition) is 2. The number of aliphatic hydroxyl groups is 1. The zero-order valence-electron chi connectivity index (χ0n) is 15.4. The van der Waals surface area contributed by atoms with Gasteiger partial charge in [-0.05, 0) is 37.9 Å². The molecule has 3 rings (SSSR count). The molecule has 3 heterocycles. The van der Waals surface area contributed by atoms with Crippen molar-refractivity contribution in [2.75, 3.05) is 57.9 Å². The number of carbonyl (C=O) groups excluding carboxylic acids is 1. The number of aromatic nitrogens is 1. The van der Waals surface area contributed by atoms with Gasteiger partial charge < -0.3 is 20.1 Å². The van der Waals surface area contributed by atoms with Crippen LogP contribution in [0, 0.1) is 0 Å². The van der Waals surface area contributed by atoms with E-state index in [9.17, 15) is 9.90 Å². The summed E-state index contributed by atoms with van der Waals surface area (Å²) in [6.07, 6.45) is 6.20. The summed E-state index contributed by atoms with van der Waals surface area (Å²) in [5.74, 6) is 0.777. The molecule has 1 atom stereocenters. The second kappa shape index (κ2) is 9.85. The number of anilines is 1. The number of piperidine rings is 1. The van der Waals surface area contributed by atoms with E-state index in [0.29, 0.717) is 37.9 Å². The van der Waals surface area contributed by atoms with Crippen LogP contribution in [0.3, 0.4) is 0 Å². The van der Waals surface area contributed by atoms with Crippen LogP contribution in [0.15, 0.2) is 18.3 Å². The molecule has 0 saturated carbocycles. The minimum Gasteiger partial charge on any atom is -0.395 e. The van der Waals surface area contributed by atoms with Crippen LogP contribution in [0.25, 0.3) is 0 Å². The smallest absolute Gasteiger partial charge is 0.254 e. The largest absolute Gasteiger partial charge is 0.395 e. The van der Waals surface area contributed by atoms with E-state index in [1.807, 2.05) is 11.0 Å². The number of ether oxygens (including phenoxy) is 1. The van der Waals surface area contributed by atoms with Gasteiger partial charge in [-0.1, -0.05) is 6.42 Å². The van der Waals surface area contributed by atoms with Crippen molar-refractivity contribution in [2.24, 2.45) is 0 Å². The first-order valence-corrected chi connectivity index (χ1v) is 9.70. The van der Waals surface area contributed by atoms with E-state index in [2.05, 4.69) is 15.2 Å². The Morgan fingerprint density at radius 1 is 1.31 bits per heavy atom. The van der Waals surface area contributed by atoms with Crippen molar-refractivity contribution in [3.8, 4) is 0 Å². The number of aliphatic hydroxyl groups excluding tert-OH is 1. The SMILES string of the molecule is O=C(c1ccnc(NCCCN2CCCCC2CO)c1)N1CCOCC1. The van der Waals surface area contributed by atoms with Crippen LogP contribution in [0.2, 0.25) is 0 Å². The number of nitrogens with zero attached hydrogens (tertiary/aromatic N) is 3. The summed E-state index contributed by atoms with van der Waals surface area (Å²) in [5.41, 5.74) is 0.667. The Balaban J connectivity index is 1.45. The lowest BCUT2D eigenvalue weighted by molar-refractivity contribution is 0.0303. The number of rotatable bonds is 7. The predicted molar refractivity (Wildman–Crippen MR) is 100 cm³/mol. The highest BCUT2D eigenvalue weighted by Crippen LogP contribution is 2.17. The number of carbonyl (C=O) groups is 1. The van der Waals surface area contributed by atoms with E-state index >= 15 is 0 Å². The van der Waals surface area contributed by atoms with Gasteiger partial charge >= 0.3 is 0 Å². The lowest BCUT2D eigenvalue weighted by Gasteiger charge is -2.34. The molecule has 2 saturated heterocycles. The summed E-state index contributed by atoms with van der Waals surface area (Å²) in [7, 11) is 0. The van der Waals surface area contributed by atoms with Gasteiger partial charge in [0.15, 0.2) is 0 Å². The lowest BCUT2D eigenvalue weighted by Crippen LogP contribution is -2.42. The molecule has 0 aliphatic carbocycles. The van der Waals surface area contributed by atoms with E-state index in [0.717, 1.165) is 38.3 Å². The molecule has 2 fully saturated rings. The molecule has 2 aliphatic rings. The minimum atomic E-state index is 0.0397. The van der Waals surface area contributed by atoms with Crippen LogP contribution in [0.4, 0.5) is 5.82 Å².